The van der Waals surface area contributed by atoms with Crippen LogP contribution in [0.25, 0.3) is 11.5 Å². The van der Waals surface area contributed by atoms with Crippen molar-refractivity contribution < 1.29 is 9.21 Å². The Hall–Kier alpha value is -2.10. The molecular weight excluding hydrogens is 469 g/mol. The topological polar surface area (TPSA) is 82.8 Å². The number of hydrogen-bond donors (Lipinski definition) is 2. The molecule has 1 saturated heterocycles. The van der Waals surface area contributed by atoms with Crippen molar-refractivity contribution in [3.8, 4) is 11.5 Å². The summed E-state index contributed by atoms with van der Waals surface area (Å²) < 4.78 is 5.56. The van der Waals surface area contributed by atoms with Crippen LogP contribution < -0.4 is 10.6 Å². The number of aryl methyl sites for hydroxylation is 1. The molecule has 1 aliphatic heterocycles. The van der Waals surface area contributed by atoms with E-state index >= 15 is 0 Å². The standard InChI is InChI=1S/C20H27N5O2.HI/c1-15-6-8-16(9-7-15)19-24-17(14-27-19)12-22-20(21-2)23-13-18(26)25-10-4-3-5-11-25;/h6-9,14H,3-5,10-13H2,1-2H3,(H2,21,22,23);1H. The lowest BCUT2D eigenvalue weighted by atomic mass is 10.1. The van der Waals surface area contributed by atoms with Crippen LogP contribution in [0, 0.1) is 6.92 Å². The predicted molar refractivity (Wildman–Crippen MR) is 121 cm³/mol. The zero-order valence-electron chi connectivity index (χ0n) is 16.4. The van der Waals surface area contributed by atoms with E-state index in [0.29, 0.717) is 18.4 Å². The third-order valence-electron chi connectivity index (χ3n) is 4.63. The first kappa shape index (κ1) is 22.2. The van der Waals surface area contributed by atoms with Crippen LogP contribution in [0.3, 0.4) is 0 Å². The van der Waals surface area contributed by atoms with Crippen molar-refractivity contribution in [3.05, 3.63) is 41.8 Å². The highest BCUT2D eigenvalue weighted by atomic mass is 127. The Labute approximate surface area is 183 Å². The SMILES string of the molecule is CN=C(NCC(=O)N1CCCCC1)NCc1coc(-c2ccc(C)cc2)n1.I. The monoisotopic (exact) mass is 497 g/mol. The smallest absolute Gasteiger partial charge is 0.241 e. The number of hydrogen-bond acceptors (Lipinski definition) is 4. The van der Waals surface area contributed by atoms with Gasteiger partial charge >= 0.3 is 0 Å². The van der Waals surface area contributed by atoms with Crippen molar-refractivity contribution in [2.45, 2.75) is 32.7 Å². The minimum Gasteiger partial charge on any atom is -0.444 e. The van der Waals surface area contributed by atoms with Crippen LogP contribution >= 0.6 is 24.0 Å². The molecule has 1 aromatic carbocycles. The molecule has 2 heterocycles. The summed E-state index contributed by atoms with van der Waals surface area (Å²) in [6.45, 7) is 4.46. The van der Waals surface area contributed by atoms with E-state index in [9.17, 15) is 4.79 Å². The van der Waals surface area contributed by atoms with Gasteiger partial charge in [-0.2, -0.15) is 0 Å². The number of aliphatic imine (C=N–C) groups is 1. The number of nitrogens with zero attached hydrogens (tertiary/aromatic N) is 3. The lowest BCUT2D eigenvalue weighted by Gasteiger charge is -2.27. The Bertz CT molecular complexity index is 782. The highest BCUT2D eigenvalue weighted by Gasteiger charge is 2.16. The van der Waals surface area contributed by atoms with E-state index in [1.165, 1.54) is 12.0 Å². The second-order valence-corrected chi connectivity index (χ2v) is 6.73. The average Bonchev–Trinajstić information content (AvgIpc) is 3.18. The van der Waals surface area contributed by atoms with E-state index in [4.69, 9.17) is 4.42 Å². The molecule has 2 N–H and O–H groups in total. The van der Waals surface area contributed by atoms with Gasteiger partial charge in [0.15, 0.2) is 5.96 Å². The Morgan fingerprint density at radius 1 is 1.18 bits per heavy atom. The van der Waals surface area contributed by atoms with Gasteiger partial charge in [-0.05, 0) is 38.3 Å². The Kier molecular flexibility index (Phi) is 8.75. The molecule has 0 bridgehead atoms. The fourth-order valence-corrected chi connectivity index (χ4v) is 3.03. The molecule has 7 nitrogen and oxygen atoms in total. The van der Waals surface area contributed by atoms with Crippen molar-refractivity contribution in [1.29, 1.82) is 0 Å². The lowest BCUT2D eigenvalue weighted by Crippen LogP contribution is -2.45. The molecule has 3 rings (SSSR count). The van der Waals surface area contributed by atoms with Crippen molar-refractivity contribution in [2.24, 2.45) is 4.99 Å². The summed E-state index contributed by atoms with van der Waals surface area (Å²) in [5, 5.41) is 6.23. The summed E-state index contributed by atoms with van der Waals surface area (Å²) in [5.41, 5.74) is 2.92. The number of carbonyl (C=O) groups is 1. The van der Waals surface area contributed by atoms with Gasteiger partial charge in [0, 0.05) is 25.7 Å². The molecule has 0 aliphatic carbocycles. The number of amides is 1. The minimum atomic E-state index is 0. The molecule has 0 unspecified atom stereocenters. The maximum absolute atomic E-state index is 12.2. The fraction of sp³-hybridized carbons (Fsp3) is 0.450. The molecule has 28 heavy (non-hydrogen) atoms. The van der Waals surface area contributed by atoms with Crippen LogP contribution in [0.2, 0.25) is 0 Å². The number of aromatic nitrogens is 1. The summed E-state index contributed by atoms with van der Waals surface area (Å²) in [7, 11) is 1.68. The van der Waals surface area contributed by atoms with Gasteiger partial charge in [0.1, 0.15) is 6.26 Å². The number of piperidine rings is 1. The second-order valence-electron chi connectivity index (χ2n) is 6.73. The summed E-state index contributed by atoms with van der Waals surface area (Å²) in [6.07, 6.45) is 5.03. The highest BCUT2D eigenvalue weighted by Crippen LogP contribution is 2.19. The summed E-state index contributed by atoms with van der Waals surface area (Å²) >= 11 is 0. The lowest BCUT2D eigenvalue weighted by molar-refractivity contribution is -0.130. The number of likely N-dealkylation sites (tertiary alicyclic amines) is 1. The van der Waals surface area contributed by atoms with Crippen LogP contribution in [0.5, 0.6) is 0 Å². The van der Waals surface area contributed by atoms with Crippen molar-refractivity contribution in [2.75, 3.05) is 26.7 Å². The van der Waals surface area contributed by atoms with Gasteiger partial charge in [-0.3, -0.25) is 9.79 Å². The highest BCUT2D eigenvalue weighted by molar-refractivity contribution is 14.0. The van der Waals surface area contributed by atoms with Crippen LogP contribution in [-0.2, 0) is 11.3 Å². The molecular formula is C20H28IN5O2. The summed E-state index contributed by atoms with van der Waals surface area (Å²) in [6, 6.07) is 8.04. The van der Waals surface area contributed by atoms with Crippen LogP contribution in [0.4, 0.5) is 0 Å². The van der Waals surface area contributed by atoms with E-state index < -0.39 is 0 Å². The average molecular weight is 497 g/mol. The molecule has 0 saturated carbocycles. The van der Waals surface area contributed by atoms with Crippen LogP contribution in [0.1, 0.15) is 30.5 Å². The maximum Gasteiger partial charge on any atom is 0.241 e. The predicted octanol–water partition coefficient (Wildman–Crippen LogP) is 2.95. The van der Waals surface area contributed by atoms with Crippen molar-refractivity contribution in [1.82, 2.24) is 20.5 Å². The first-order chi connectivity index (χ1) is 13.2. The van der Waals surface area contributed by atoms with E-state index in [-0.39, 0.29) is 36.4 Å². The Morgan fingerprint density at radius 2 is 1.89 bits per heavy atom. The van der Waals surface area contributed by atoms with E-state index in [1.807, 2.05) is 36.1 Å². The van der Waals surface area contributed by atoms with Gasteiger partial charge in [0.2, 0.25) is 11.8 Å². The summed E-state index contributed by atoms with van der Waals surface area (Å²) in [5.74, 6) is 1.27. The van der Waals surface area contributed by atoms with E-state index in [2.05, 4.69) is 20.6 Å². The van der Waals surface area contributed by atoms with Gasteiger partial charge in [0.25, 0.3) is 0 Å². The molecule has 0 spiro atoms. The quantitative estimate of drug-likeness (QED) is 0.377. The van der Waals surface area contributed by atoms with Gasteiger partial charge in [0.05, 0.1) is 18.8 Å². The molecule has 152 valence electrons. The van der Waals surface area contributed by atoms with E-state index in [1.54, 1.807) is 13.3 Å². The number of benzene rings is 1. The minimum absolute atomic E-state index is 0. The molecule has 1 amide bonds. The molecule has 8 heteroatoms. The Balaban J connectivity index is 0.00000280. The maximum atomic E-state index is 12.2. The largest absolute Gasteiger partial charge is 0.444 e. The first-order valence-electron chi connectivity index (χ1n) is 9.39. The number of oxazole rings is 1. The third-order valence-corrected chi connectivity index (χ3v) is 4.63. The van der Waals surface area contributed by atoms with Gasteiger partial charge in [-0.25, -0.2) is 4.98 Å². The zero-order chi connectivity index (χ0) is 19.1. The van der Waals surface area contributed by atoms with Gasteiger partial charge in [-0.1, -0.05) is 17.7 Å². The van der Waals surface area contributed by atoms with Crippen molar-refractivity contribution in [3.63, 3.8) is 0 Å². The molecule has 1 fully saturated rings. The van der Waals surface area contributed by atoms with Crippen LogP contribution in [-0.4, -0.2) is 48.4 Å². The summed E-state index contributed by atoms with van der Waals surface area (Å²) in [4.78, 5) is 22.8. The van der Waals surface area contributed by atoms with Gasteiger partial charge < -0.3 is 20.0 Å². The van der Waals surface area contributed by atoms with Crippen molar-refractivity contribution >= 4 is 35.8 Å². The molecule has 0 atom stereocenters. The molecule has 1 aliphatic rings. The number of nitrogens with one attached hydrogen (secondary N) is 2. The molecule has 2 aromatic rings. The van der Waals surface area contributed by atoms with Crippen LogP contribution in [0.15, 0.2) is 39.9 Å². The molecule has 1 aromatic heterocycles. The third kappa shape index (κ3) is 6.22. The zero-order valence-corrected chi connectivity index (χ0v) is 18.7. The normalized spacial score (nSPS) is 14.4. The fourth-order valence-electron chi connectivity index (χ4n) is 3.03. The number of halogens is 1. The number of carbonyl (C=O) groups excluding carboxylic acids is 1. The van der Waals surface area contributed by atoms with E-state index in [0.717, 1.165) is 37.2 Å². The number of guanidine groups is 1. The number of rotatable bonds is 5. The Morgan fingerprint density at radius 3 is 2.57 bits per heavy atom. The van der Waals surface area contributed by atoms with Gasteiger partial charge in [-0.15, -0.1) is 24.0 Å². The second kappa shape index (κ2) is 11.0. The first-order valence-corrected chi connectivity index (χ1v) is 9.39. The molecule has 0 radical (unpaired) electrons.